The Labute approximate surface area is 74.8 Å². The fraction of sp³-hybridized carbons (Fsp3) is 0.111. The molecular formula is C9H8N2O2. The van der Waals surface area contributed by atoms with Crippen LogP contribution in [0.1, 0.15) is 5.56 Å². The summed E-state index contributed by atoms with van der Waals surface area (Å²) in [5.74, 6) is 0. The monoisotopic (exact) mass is 176 g/mol. The normalized spacial score (nSPS) is 10.2. The topological polar surface area (TPSA) is 43.6 Å². The Morgan fingerprint density at radius 1 is 1.54 bits per heavy atom. The van der Waals surface area contributed by atoms with Crippen molar-refractivity contribution in [3.8, 4) is 0 Å². The highest BCUT2D eigenvalue weighted by molar-refractivity contribution is 5.42. The Morgan fingerprint density at radius 2 is 2.46 bits per heavy atom. The lowest BCUT2D eigenvalue weighted by Crippen LogP contribution is -1.92. The highest BCUT2D eigenvalue weighted by Crippen LogP contribution is 2.05. The predicted molar refractivity (Wildman–Crippen MR) is 46.0 cm³/mol. The maximum atomic E-state index is 9.95. The van der Waals surface area contributed by atoms with Crippen LogP contribution in [-0.2, 0) is 16.1 Å². The van der Waals surface area contributed by atoms with Gasteiger partial charge in [0.05, 0.1) is 0 Å². The van der Waals surface area contributed by atoms with Gasteiger partial charge in [-0.3, -0.25) is 4.79 Å². The zero-order valence-electron chi connectivity index (χ0n) is 6.88. The molecule has 66 valence electrons. The van der Waals surface area contributed by atoms with Gasteiger partial charge in [0.1, 0.15) is 12.3 Å². The maximum Gasteiger partial charge on any atom is 0.293 e. The Bertz CT molecular complexity index is 422. The van der Waals surface area contributed by atoms with Crippen LogP contribution >= 0.6 is 0 Å². The van der Waals surface area contributed by atoms with Crippen LogP contribution in [0.3, 0.4) is 0 Å². The second-order valence-corrected chi connectivity index (χ2v) is 2.63. The molecule has 0 aliphatic rings. The molecule has 13 heavy (non-hydrogen) atoms. The van der Waals surface area contributed by atoms with Crippen LogP contribution < -0.4 is 0 Å². The van der Waals surface area contributed by atoms with E-state index in [-0.39, 0.29) is 0 Å². The van der Waals surface area contributed by atoms with Gasteiger partial charge in [0, 0.05) is 18.6 Å². The van der Waals surface area contributed by atoms with Crippen LogP contribution in [0.15, 0.2) is 30.7 Å². The highest BCUT2D eigenvalue weighted by Gasteiger charge is 1.96. The summed E-state index contributed by atoms with van der Waals surface area (Å²) in [5, 5.41) is 0. The van der Waals surface area contributed by atoms with Gasteiger partial charge in [-0.25, -0.2) is 4.98 Å². The van der Waals surface area contributed by atoms with Crippen LogP contribution in [0, 0.1) is 0 Å². The zero-order chi connectivity index (χ0) is 9.10. The molecule has 4 heteroatoms. The van der Waals surface area contributed by atoms with Gasteiger partial charge in [0.2, 0.25) is 0 Å². The summed E-state index contributed by atoms with van der Waals surface area (Å²) < 4.78 is 6.52. The molecule has 0 spiro atoms. The van der Waals surface area contributed by atoms with Gasteiger partial charge in [-0.05, 0) is 17.7 Å². The van der Waals surface area contributed by atoms with Gasteiger partial charge in [0.15, 0.2) is 0 Å². The number of rotatable bonds is 3. The summed E-state index contributed by atoms with van der Waals surface area (Å²) in [5.41, 5.74) is 1.79. The molecular weight excluding hydrogens is 168 g/mol. The van der Waals surface area contributed by atoms with Gasteiger partial charge in [0.25, 0.3) is 6.47 Å². The number of nitrogens with zero attached hydrogens (tertiary/aromatic N) is 2. The van der Waals surface area contributed by atoms with Crippen molar-refractivity contribution < 1.29 is 9.53 Å². The Hall–Kier alpha value is -1.84. The van der Waals surface area contributed by atoms with Crippen molar-refractivity contribution in [3.63, 3.8) is 0 Å². The van der Waals surface area contributed by atoms with E-state index in [0.717, 1.165) is 11.2 Å². The van der Waals surface area contributed by atoms with Gasteiger partial charge < -0.3 is 9.14 Å². The van der Waals surface area contributed by atoms with Crippen LogP contribution in [0.25, 0.3) is 5.65 Å². The molecule has 0 aliphatic carbocycles. The predicted octanol–water partition coefficient (Wildman–Crippen LogP) is 1.01. The molecule has 0 radical (unpaired) electrons. The molecule has 4 nitrogen and oxygen atoms in total. The minimum atomic E-state index is 0.298. The Morgan fingerprint density at radius 3 is 3.31 bits per heavy atom. The van der Waals surface area contributed by atoms with E-state index < -0.39 is 0 Å². The van der Waals surface area contributed by atoms with Crippen molar-refractivity contribution in [2.45, 2.75) is 6.61 Å². The molecule has 0 unspecified atom stereocenters. The van der Waals surface area contributed by atoms with E-state index in [9.17, 15) is 4.79 Å². The lowest BCUT2D eigenvalue weighted by Gasteiger charge is -1.99. The first-order valence-electron chi connectivity index (χ1n) is 3.87. The first-order valence-corrected chi connectivity index (χ1v) is 3.87. The molecule has 0 N–H and O–H groups in total. The van der Waals surface area contributed by atoms with E-state index in [0.29, 0.717) is 13.1 Å². The van der Waals surface area contributed by atoms with E-state index >= 15 is 0 Å². The van der Waals surface area contributed by atoms with Crippen molar-refractivity contribution in [2.75, 3.05) is 0 Å². The number of pyridine rings is 1. The summed E-state index contributed by atoms with van der Waals surface area (Å²) in [7, 11) is 0. The molecule has 2 heterocycles. The zero-order valence-corrected chi connectivity index (χ0v) is 6.88. The third kappa shape index (κ3) is 1.51. The largest absolute Gasteiger partial charge is 0.463 e. The standard InChI is InChI=1S/C9H8N2O2/c12-7-13-6-8-1-3-11-4-2-10-9(11)5-8/h1-5,7H,6H2. The highest BCUT2D eigenvalue weighted by atomic mass is 16.5. The third-order valence-corrected chi connectivity index (χ3v) is 1.78. The lowest BCUT2D eigenvalue weighted by molar-refractivity contribution is -0.129. The number of carbonyl (C=O) groups is 1. The van der Waals surface area contributed by atoms with E-state index in [1.165, 1.54) is 0 Å². The lowest BCUT2D eigenvalue weighted by atomic mass is 10.3. The second kappa shape index (κ2) is 3.26. The number of hydrogen-bond acceptors (Lipinski definition) is 3. The second-order valence-electron chi connectivity index (χ2n) is 2.63. The summed E-state index contributed by atoms with van der Waals surface area (Å²) >= 11 is 0. The summed E-state index contributed by atoms with van der Waals surface area (Å²) in [6.07, 6.45) is 5.46. The molecule has 0 fully saturated rings. The average Bonchev–Trinajstić information content (AvgIpc) is 2.61. The molecule has 0 aliphatic heterocycles. The SMILES string of the molecule is O=COCc1ccn2ccnc2c1. The summed E-state index contributed by atoms with van der Waals surface area (Å²) in [4.78, 5) is 14.1. The number of ether oxygens (including phenoxy) is 1. The fourth-order valence-corrected chi connectivity index (χ4v) is 1.17. The number of fused-ring (bicyclic) bond motifs is 1. The van der Waals surface area contributed by atoms with Gasteiger partial charge in [-0.2, -0.15) is 0 Å². The number of hydrogen-bond donors (Lipinski definition) is 0. The molecule has 0 bridgehead atoms. The maximum absolute atomic E-state index is 9.95. The smallest absolute Gasteiger partial charge is 0.293 e. The van der Waals surface area contributed by atoms with Crippen molar-refractivity contribution in [2.24, 2.45) is 0 Å². The van der Waals surface area contributed by atoms with Crippen molar-refractivity contribution >= 4 is 12.1 Å². The molecule has 2 rings (SSSR count). The molecule has 2 aromatic heterocycles. The Kier molecular flexibility index (Phi) is 1.96. The molecule has 0 saturated heterocycles. The van der Waals surface area contributed by atoms with Crippen molar-refractivity contribution in [1.29, 1.82) is 0 Å². The van der Waals surface area contributed by atoms with Crippen molar-refractivity contribution in [1.82, 2.24) is 9.38 Å². The molecule has 0 amide bonds. The molecule has 0 saturated carbocycles. The number of carbonyl (C=O) groups excluding carboxylic acids is 1. The van der Waals surface area contributed by atoms with E-state index in [1.54, 1.807) is 6.20 Å². The van der Waals surface area contributed by atoms with Crippen LogP contribution in [0.5, 0.6) is 0 Å². The van der Waals surface area contributed by atoms with Crippen LogP contribution in [0.4, 0.5) is 0 Å². The average molecular weight is 176 g/mol. The molecule has 2 aromatic rings. The van der Waals surface area contributed by atoms with E-state index in [2.05, 4.69) is 9.72 Å². The van der Waals surface area contributed by atoms with Gasteiger partial charge in [-0.15, -0.1) is 0 Å². The first-order chi connectivity index (χ1) is 6.40. The van der Waals surface area contributed by atoms with Crippen molar-refractivity contribution in [3.05, 3.63) is 36.3 Å². The fourth-order valence-electron chi connectivity index (χ4n) is 1.17. The number of aromatic nitrogens is 2. The summed E-state index contributed by atoms with van der Waals surface area (Å²) in [6.45, 7) is 0.739. The Balaban J connectivity index is 2.31. The minimum absolute atomic E-state index is 0.298. The minimum Gasteiger partial charge on any atom is -0.463 e. The third-order valence-electron chi connectivity index (χ3n) is 1.78. The van der Waals surface area contributed by atoms with Crippen LogP contribution in [0.2, 0.25) is 0 Å². The molecule has 0 atom stereocenters. The number of imidazole rings is 1. The quantitative estimate of drug-likeness (QED) is 0.655. The summed E-state index contributed by atoms with van der Waals surface area (Å²) in [6, 6.07) is 3.77. The first kappa shape index (κ1) is 7.79. The van der Waals surface area contributed by atoms with Gasteiger partial charge >= 0.3 is 0 Å². The van der Waals surface area contributed by atoms with Crippen LogP contribution in [-0.4, -0.2) is 15.9 Å². The van der Waals surface area contributed by atoms with E-state index in [1.807, 2.05) is 28.9 Å². The molecule has 0 aromatic carbocycles. The van der Waals surface area contributed by atoms with E-state index in [4.69, 9.17) is 0 Å². The van der Waals surface area contributed by atoms with Gasteiger partial charge in [-0.1, -0.05) is 0 Å².